The van der Waals surface area contributed by atoms with Gasteiger partial charge in [-0.1, -0.05) is 30.3 Å². The van der Waals surface area contributed by atoms with Gasteiger partial charge >= 0.3 is 6.09 Å². The van der Waals surface area contributed by atoms with E-state index in [1.165, 1.54) is 17.3 Å². The fourth-order valence-corrected chi connectivity index (χ4v) is 1.44. The van der Waals surface area contributed by atoms with Crippen LogP contribution >= 0.6 is 0 Å². The highest BCUT2D eigenvalue weighted by atomic mass is 16.6. The minimum Gasteiger partial charge on any atom is -0.444 e. The van der Waals surface area contributed by atoms with E-state index < -0.39 is 6.09 Å². The molecule has 0 radical (unpaired) electrons. The predicted molar refractivity (Wildman–Crippen MR) is 63.5 cm³/mol. The van der Waals surface area contributed by atoms with Crippen LogP contribution in [0.5, 0.6) is 0 Å². The molecule has 0 atom stereocenters. The van der Waals surface area contributed by atoms with Gasteiger partial charge < -0.3 is 4.74 Å². The van der Waals surface area contributed by atoms with E-state index in [0.29, 0.717) is 0 Å². The van der Waals surface area contributed by atoms with E-state index in [4.69, 9.17) is 10.6 Å². The van der Waals surface area contributed by atoms with E-state index in [2.05, 4.69) is 0 Å². The summed E-state index contributed by atoms with van der Waals surface area (Å²) in [7, 11) is 0. The standard InChI is InChI=1S/C12H13N3O3/c13-15-7-6-14(8-11(15)16)12(17)18-9-10-4-2-1-3-5-10/h1-7H,8-9,13H2. The van der Waals surface area contributed by atoms with Gasteiger partial charge in [-0.3, -0.25) is 14.7 Å². The first-order valence-electron chi connectivity index (χ1n) is 5.39. The lowest BCUT2D eigenvalue weighted by atomic mass is 10.2. The van der Waals surface area contributed by atoms with Gasteiger partial charge in [0.1, 0.15) is 13.2 Å². The second-order valence-corrected chi connectivity index (χ2v) is 3.77. The van der Waals surface area contributed by atoms with Crippen molar-refractivity contribution in [1.82, 2.24) is 9.91 Å². The fraction of sp³-hybridized carbons (Fsp3) is 0.167. The lowest BCUT2D eigenvalue weighted by Gasteiger charge is -2.24. The van der Waals surface area contributed by atoms with Gasteiger partial charge in [-0.05, 0) is 5.56 Å². The van der Waals surface area contributed by atoms with Crippen LogP contribution in [0.4, 0.5) is 4.79 Å². The van der Waals surface area contributed by atoms with Crippen LogP contribution in [0.25, 0.3) is 0 Å². The van der Waals surface area contributed by atoms with Crippen LogP contribution in [0.15, 0.2) is 42.7 Å². The third-order valence-corrected chi connectivity index (χ3v) is 2.44. The van der Waals surface area contributed by atoms with Crippen LogP contribution in [0, 0.1) is 0 Å². The molecule has 2 amide bonds. The number of carbonyl (C=O) groups is 2. The summed E-state index contributed by atoms with van der Waals surface area (Å²) < 4.78 is 5.08. The summed E-state index contributed by atoms with van der Waals surface area (Å²) in [5.74, 6) is 4.96. The number of nitrogens with two attached hydrogens (primary N) is 1. The quantitative estimate of drug-likeness (QED) is 0.620. The van der Waals surface area contributed by atoms with Crippen molar-refractivity contribution in [3.05, 3.63) is 48.3 Å². The Morgan fingerprint density at radius 3 is 2.67 bits per heavy atom. The molecular formula is C12H13N3O3. The lowest BCUT2D eigenvalue weighted by molar-refractivity contribution is -0.130. The fourth-order valence-electron chi connectivity index (χ4n) is 1.44. The molecule has 0 saturated heterocycles. The highest BCUT2D eigenvalue weighted by Crippen LogP contribution is 2.06. The molecule has 6 nitrogen and oxygen atoms in total. The van der Waals surface area contributed by atoms with Crippen LogP contribution in [0.3, 0.4) is 0 Å². The average molecular weight is 247 g/mol. The molecule has 6 heteroatoms. The molecule has 18 heavy (non-hydrogen) atoms. The molecule has 1 aromatic carbocycles. The summed E-state index contributed by atoms with van der Waals surface area (Å²) in [5, 5.41) is 0.932. The molecule has 0 aliphatic carbocycles. The molecule has 1 aliphatic heterocycles. The number of nitrogens with zero attached hydrogens (tertiary/aromatic N) is 2. The lowest BCUT2D eigenvalue weighted by Crippen LogP contribution is -2.45. The van der Waals surface area contributed by atoms with Crippen LogP contribution < -0.4 is 5.84 Å². The third kappa shape index (κ3) is 2.86. The summed E-state index contributed by atoms with van der Waals surface area (Å²) in [4.78, 5) is 24.1. The average Bonchev–Trinajstić information content (AvgIpc) is 2.40. The maximum atomic E-state index is 11.7. The number of ether oxygens (including phenoxy) is 1. The van der Waals surface area contributed by atoms with Gasteiger partial charge in [-0.25, -0.2) is 10.6 Å². The highest BCUT2D eigenvalue weighted by Gasteiger charge is 2.22. The number of benzene rings is 1. The van der Waals surface area contributed by atoms with Gasteiger partial charge in [0.05, 0.1) is 0 Å². The molecule has 2 N–H and O–H groups in total. The first kappa shape index (κ1) is 12.1. The van der Waals surface area contributed by atoms with E-state index in [1.54, 1.807) is 0 Å². The summed E-state index contributed by atoms with van der Waals surface area (Å²) in [6.45, 7) is 0.0607. The predicted octanol–water partition coefficient (Wildman–Crippen LogP) is 0.812. The molecule has 0 bridgehead atoms. The van der Waals surface area contributed by atoms with Crippen molar-refractivity contribution in [2.45, 2.75) is 6.61 Å². The van der Waals surface area contributed by atoms with Gasteiger partial charge in [-0.2, -0.15) is 0 Å². The van der Waals surface area contributed by atoms with E-state index >= 15 is 0 Å². The molecule has 1 aromatic rings. The summed E-state index contributed by atoms with van der Waals surface area (Å²) in [5.41, 5.74) is 0.888. The zero-order valence-electron chi connectivity index (χ0n) is 9.65. The number of amides is 2. The SMILES string of the molecule is NN1C=CN(C(=O)OCc2ccccc2)CC1=O. The number of hydrazine groups is 1. The van der Waals surface area contributed by atoms with Crippen molar-refractivity contribution in [1.29, 1.82) is 0 Å². The first-order chi connectivity index (χ1) is 8.66. The van der Waals surface area contributed by atoms with Crippen LogP contribution in [0.2, 0.25) is 0 Å². The largest absolute Gasteiger partial charge is 0.444 e. The monoisotopic (exact) mass is 247 g/mol. The minimum absolute atomic E-state index is 0.110. The van der Waals surface area contributed by atoms with Crippen molar-refractivity contribution < 1.29 is 14.3 Å². The Labute approximate surface area is 104 Å². The molecule has 94 valence electrons. The molecule has 1 aliphatic rings. The van der Waals surface area contributed by atoms with E-state index in [-0.39, 0.29) is 19.1 Å². The highest BCUT2D eigenvalue weighted by molar-refractivity contribution is 5.84. The van der Waals surface area contributed by atoms with Crippen LogP contribution in [-0.4, -0.2) is 28.5 Å². The second-order valence-electron chi connectivity index (χ2n) is 3.77. The Kier molecular flexibility index (Phi) is 3.59. The van der Waals surface area contributed by atoms with Gasteiger partial charge in [-0.15, -0.1) is 0 Å². The van der Waals surface area contributed by atoms with Crippen molar-refractivity contribution >= 4 is 12.0 Å². The number of rotatable bonds is 2. The van der Waals surface area contributed by atoms with Crippen LogP contribution in [0.1, 0.15) is 5.56 Å². The van der Waals surface area contributed by atoms with E-state index in [9.17, 15) is 9.59 Å². The normalized spacial score (nSPS) is 14.8. The molecule has 1 heterocycles. The number of hydrogen-bond acceptors (Lipinski definition) is 4. The molecule has 0 aromatic heterocycles. The smallest absolute Gasteiger partial charge is 0.414 e. The van der Waals surface area contributed by atoms with Gasteiger partial charge in [0.2, 0.25) is 0 Å². The molecule has 0 spiro atoms. The van der Waals surface area contributed by atoms with E-state index in [1.807, 2.05) is 30.3 Å². The van der Waals surface area contributed by atoms with Gasteiger partial charge in [0.15, 0.2) is 0 Å². The Morgan fingerprint density at radius 1 is 1.28 bits per heavy atom. The van der Waals surface area contributed by atoms with Crippen molar-refractivity contribution in [3.8, 4) is 0 Å². The minimum atomic E-state index is -0.573. The summed E-state index contributed by atoms with van der Waals surface area (Å²) in [6.07, 6.45) is 2.15. The van der Waals surface area contributed by atoms with Crippen molar-refractivity contribution in [3.63, 3.8) is 0 Å². The maximum Gasteiger partial charge on any atom is 0.414 e. The second kappa shape index (κ2) is 5.33. The Hall–Kier alpha value is -2.34. The van der Waals surface area contributed by atoms with Gasteiger partial charge in [0, 0.05) is 12.4 Å². The molecule has 0 fully saturated rings. The molecule has 2 rings (SSSR count). The van der Waals surface area contributed by atoms with Crippen molar-refractivity contribution in [2.24, 2.45) is 5.84 Å². The topological polar surface area (TPSA) is 75.9 Å². The molecule has 0 saturated carbocycles. The van der Waals surface area contributed by atoms with Gasteiger partial charge in [0.25, 0.3) is 5.91 Å². The van der Waals surface area contributed by atoms with Crippen LogP contribution in [-0.2, 0) is 16.1 Å². The zero-order valence-corrected chi connectivity index (χ0v) is 9.65. The number of carbonyl (C=O) groups excluding carboxylic acids is 2. The van der Waals surface area contributed by atoms with E-state index in [0.717, 1.165) is 10.6 Å². The first-order valence-corrected chi connectivity index (χ1v) is 5.39. The maximum absolute atomic E-state index is 11.7. The Bertz CT molecular complexity index is 473. The third-order valence-electron chi connectivity index (χ3n) is 2.44. The summed E-state index contributed by atoms with van der Waals surface area (Å²) >= 11 is 0. The Morgan fingerprint density at radius 2 is 2.00 bits per heavy atom. The van der Waals surface area contributed by atoms with Crippen molar-refractivity contribution in [2.75, 3.05) is 6.54 Å². The molecule has 0 unspecified atom stereocenters. The Balaban J connectivity index is 1.89. The zero-order chi connectivity index (χ0) is 13.0. The summed E-state index contributed by atoms with van der Waals surface area (Å²) in [6, 6.07) is 9.31. The molecular weight excluding hydrogens is 234 g/mol. The number of hydrogen-bond donors (Lipinski definition) is 1.